The number of hydrogen-bond donors (Lipinski definition) is 2. The zero-order chi connectivity index (χ0) is 16.6. The van der Waals surface area contributed by atoms with Crippen molar-refractivity contribution in [2.75, 3.05) is 26.2 Å². The van der Waals surface area contributed by atoms with Gasteiger partial charge in [-0.3, -0.25) is 0 Å². The van der Waals surface area contributed by atoms with Crippen molar-refractivity contribution in [1.29, 1.82) is 0 Å². The Balaban J connectivity index is 2.23. The van der Waals surface area contributed by atoms with E-state index in [1.807, 2.05) is 0 Å². The molecule has 0 spiro atoms. The fourth-order valence-electron chi connectivity index (χ4n) is 3.77. The molecule has 22 heavy (non-hydrogen) atoms. The fourth-order valence-corrected chi connectivity index (χ4v) is 3.77. The van der Waals surface area contributed by atoms with Crippen LogP contribution in [0, 0.1) is 11.3 Å². The molecule has 0 aromatic rings. The number of rotatable bonds is 9. The molecule has 0 aliphatic heterocycles. The number of ether oxygens (including phenoxy) is 1. The number of quaternary nitrogens is 1. The van der Waals surface area contributed by atoms with Crippen molar-refractivity contribution in [2.24, 2.45) is 11.3 Å². The summed E-state index contributed by atoms with van der Waals surface area (Å²) in [4.78, 5) is 1.51. The van der Waals surface area contributed by atoms with Crippen molar-refractivity contribution < 1.29 is 14.7 Å². The summed E-state index contributed by atoms with van der Waals surface area (Å²) in [6.45, 7) is 15.1. The third-order valence-electron chi connectivity index (χ3n) is 5.15. The van der Waals surface area contributed by atoms with Gasteiger partial charge in [-0.2, -0.15) is 0 Å². The molecule has 1 saturated carbocycles. The second-order valence-electron chi connectivity index (χ2n) is 8.28. The minimum absolute atomic E-state index is 0.312. The van der Waals surface area contributed by atoms with Crippen LogP contribution in [0.1, 0.15) is 73.1 Å². The smallest absolute Gasteiger partial charge is 0.126 e. The highest BCUT2D eigenvalue weighted by molar-refractivity contribution is 4.81. The van der Waals surface area contributed by atoms with Crippen LogP contribution in [0.3, 0.4) is 0 Å². The SMILES string of the molecule is CCC[NH+](CCC)C[C@@H](O)COC1CCC(C(C)(C)C)CC1. The molecular formula is C19H40NO2+. The molecule has 0 amide bonds. The third kappa shape index (κ3) is 7.43. The summed E-state index contributed by atoms with van der Waals surface area (Å²) in [5.41, 5.74) is 0.425. The van der Waals surface area contributed by atoms with Crippen LogP contribution in [0.2, 0.25) is 0 Å². The van der Waals surface area contributed by atoms with Gasteiger partial charge in [0.05, 0.1) is 25.8 Å². The molecule has 0 bridgehead atoms. The molecule has 3 nitrogen and oxygen atoms in total. The summed E-state index contributed by atoms with van der Waals surface area (Å²) >= 11 is 0. The molecule has 0 aromatic carbocycles. The minimum atomic E-state index is -0.312. The molecule has 132 valence electrons. The van der Waals surface area contributed by atoms with Gasteiger partial charge in [0.25, 0.3) is 0 Å². The first-order valence-corrected chi connectivity index (χ1v) is 9.50. The van der Waals surface area contributed by atoms with E-state index in [9.17, 15) is 5.11 Å². The first-order valence-electron chi connectivity index (χ1n) is 9.50. The van der Waals surface area contributed by atoms with Gasteiger partial charge in [0.2, 0.25) is 0 Å². The Labute approximate surface area is 138 Å². The number of aliphatic hydroxyl groups excluding tert-OH is 1. The van der Waals surface area contributed by atoms with Gasteiger partial charge in [0.15, 0.2) is 0 Å². The molecule has 1 fully saturated rings. The van der Waals surface area contributed by atoms with E-state index in [-0.39, 0.29) is 6.10 Å². The lowest BCUT2D eigenvalue weighted by atomic mass is 9.72. The summed E-state index contributed by atoms with van der Waals surface area (Å²) < 4.78 is 6.00. The second kappa shape index (κ2) is 9.89. The lowest BCUT2D eigenvalue weighted by Crippen LogP contribution is -3.13. The molecular weight excluding hydrogens is 274 g/mol. The fraction of sp³-hybridized carbons (Fsp3) is 1.00. The Morgan fingerprint density at radius 2 is 1.59 bits per heavy atom. The molecule has 3 heteroatoms. The largest absolute Gasteiger partial charge is 0.385 e. The lowest BCUT2D eigenvalue weighted by molar-refractivity contribution is -0.903. The topological polar surface area (TPSA) is 33.9 Å². The van der Waals surface area contributed by atoms with Crippen LogP contribution in [-0.2, 0) is 4.74 Å². The highest BCUT2D eigenvalue weighted by Crippen LogP contribution is 2.38. The van der Waals surface area contributed by atoms with Crippen LogP contribution < -0.4 is 4.90 Å². The maximum absolute atomic E-state index is 10.2. The molecule has 1 aliphatic rings. The predicted octanol–water partition coefficient (Wildman–Crippen LogP) is 2.67. The van der Waals surface area contributed by atoms with Gasteiger partial charge in [-0.1, -0.05) is 34.6 Å². The first kappa shape index (κ1) is 19.9. The maximum atomic E-state index is 10.2. The first-order chi connectivity index (χ1) is 10.4. The van der Waals surface area contributed by atoms with E-state index < -0.39 is 0 Å². The highest BCUT2D eigenvalue weighted by atomic mass is 16.5. The van der Waals surface area contributed by atoms with Gasteiger partial charge < -0.3 is 14.7 Å². The lowest BCUT2D eigenvalue weighted by Gasteiger charge is -2.37. The van der Waals surface area contributed by atoms with E-state index in [0.717, 1.165) is 38.4 Å². The van der Waals surface area contributed by atoms with Gasteiger partial charge in [-0.25, -0.2) is 0 Å². The highest BCUT2D eigenvalue weighted by Gasteiger charge is 2.30. The summed E-state index contributed by atoms with van der Waals surface area (Å²) in [7, 11) is 0. The minimum Gasteiger partial charge on any atom is -0.385 e. The number of aliphatic hydroxyl groups is 1. The van der Waals surface area contributed by atoms with Gasteiger partial charge in [-0.15, -0.1) is 0 Å². The van der Waals surface area contributed by atoms with Crippen LogP contribution in [0.5, 0.6) is 0 Å². The molecule has 2 N–H and O–H groups in total. The molecule has 1 atom stereocenters. The van der Waals surface area contributed by atoms with E-state index in [2.05, 4.69) is 34.6 Å². The zero-order valence-corrected chi connectivity index (χ0v) is 15.7. The average Bonchev–Trinajstić information content (AvgIpc) is 2.45. The standard InChI is InChI=1S/C19H39NO2/c1-6-12-20(13-7-2)14-17(21)15-22-18-10-8-16(9-11-18)19(3,4)5/h16-18,21H,6-15H2,1-5H3/p+1/t16?,17-,18?/m1/s1. The van der Waals surface area contributed by atoms with E-state index in [4.69, 9.17) is 4.74 Å². The van der Waals surface area contributed by atoms with E-state index in [1.54, 1.807) is 0 Å². The van der Waals surface area contributed by atoms with Gasteiger partial charge >= 0.3 is 0 Å². The Bertz CT molecular complexity index is 274. The second-order valence-corrected chi connectivity index (χ2v) is 8.28. The Morgan fingerprint density at radius 3 is 2.05 bits per heavy atom. The normalized spacial score (nSPS) is 24.7. The molecule has 1 rings (SSSR count). The monoisotopic (exact) mass is 314 g/mol. The van der Waals surface area contributed by atoms with Crippen LogP contribution in [-0.4, -0.2) is 43.6 Å². The molecule has 0 heterocycles. The summed E-state index contributed by atoms with van der Waals surface area (Å²) in [6, 6.07) is 0. The van der Waals surface area contributed by atoms with E-state index >= 15 is 0 Å². The van der Waals surface area contributed by atoms with Crippen molar-refractivity contribution in [1.82, 2.24) is 0 Å². The maximum Gasteiger partial charge on any atom is 0.126 e. The van der Waals surface area contributed by atoms with Crippen molar-refractivity contribution in [3.8, 4) is 0 Å². The van der Waals surface area contributed by atoms with Crippen molar-refractivity contribution in [3.05, 3.63) is 0 Å². The Hall–Kier alpha value is -0.120. The zero-order valence-electron chi connectivity index (χ0n) is 15.7. The van der Waals surface area contributed by atoms with Crippen molar-refractivity contribution in [2.45, 2.75) is 85.4 Å². The summed E-state index contributed by atoms with van der Waals surface area (Å²) in [5, 5.41) is 10.2. The van der Waals surface area contributed by atoms with Crippen molar-refractivity contribution in [3.63, 3.8) is 0 Å². The third-order valence-corrected chi connectivity index (χ3v) is 5.15. The van der Waals surface area contributed by atoms with Gasteiger partial charge in [0.1, 0.15) is 12.6 Å². The molecule has 0 aromatic heterocycles. The number of nitrogens with one attached hydrogen (secondary N) is 1. The van der Waals surface area contributed by atoms with E-state index in [0.29, 0.717) is 18.1 Å². The quantitative estimate of drug-likeness (QED) is 0.686. The van der Waals surface area contributed by atoms with E-state index in [1.165, 1.54) is 30.6 Å². The van der Waals surface area contributed by atoms with Crippen LogP contribution in [0.4, 0.5) is 0 Å². The molecule has 1 aliphatic carbocycles. The number of hydrogen-bond acceptors (Lipinski definition) is 2. The van der Waals surface area contributed by atoms with Crippen molar-refractivity contribution >= 4 is 0 Å². The van der Waals surface area contributed by atoms with Crippen LogP contribution >= 0.6 is 0 Å². The van der Waals surface area contributed by atoms with Gasteiger partial charge in [-0.05, 0) is 49.9 Å². The molecule has 0 saturated heterocycles. The van der Waals surface area contributed by atoms with Crippen LogP contribution in [0.25, 0.3) is 0 Å². The predicted molar refractivity (Wildman–Crippen MR) is 93.3 cm³/mol. The van der Waals surface area contributed by atoms with Crippen LogP contribution in [0.15, 0.2) is 0 Å². The Kier molecular flexibility index (Phi) is 8.96. The molecule has 0 radical (unpaired) electrons. The Morgan fingerprint density at radius 1 is 1.05 bits per heavy atom. The summed E-state index contributed by atoms with van der Waals surface area (Å²) in [6.07, 6.45) is 7.28. The summed E-state index contributed by atoms with van der Waals surface area (Å²) in [5.74, 6) is 0.825. The molecule has 0 unspecified atom stereocenters. The van der Waals surface area contributed by atoms with Gasteiger partial charge in [0, 0.05) is 0 Å². The average molecular weight is 315 g/mol.